The first-order chi connectivity index (χ1) is 7.79. The van der Waals surface area contributed by atoms with Gasteiger partial charge in [0, 0.05) is 17.6 Å². The Kier molecular flexibility index (Phi) is 3.28. The third-order valence-corrected chi connectivity index (χ3v) is 2.09. The van der Waals surface area contributed by atoms with Gasteiger partial charge in [-0.3, -0.25) is 4.84 Å². The van der Waals surface area contributed by atoms with Crippen LogP contribution in [0.2, 0.25) is 0 Å². The molecule has 0 saturated heterocycles. The second-order valence-electron chi connectivity index (χ2n) is 3.44. The molecule has 0 bridgehead atoms. The van der Waals surface area contributed by atoms with E-state index in [-0.39, 0.29) is 0 Å². The van der Waals surface area contributed by atoms with Crippen LogP contribution in [0.5, 0.6) is 0 Å². The molecule has 0 radical (unpaired) electrons. The maximum absolute atomic E-state index is 5.31. The van der Waals surface area contributed by atoms with Crippen LogP contribution < -0.4 is 11.2 Å². The Morgan fingerprint density at radius 1 is 1.25 bits per heavy atom. The lowest BCUT2D eigenvalue weighted by Crippen LogP contribution is -2.12. The molecule has 0 aliphatic rings. The van der Waals surface area contributed by atoms with Crippen molar-refractivity contribution in [2.24, 2.45) is 5.73 Å². The summed E-state index contributed by atoms with van der Waals surface area (Å²) in [5, 5.41) is 1.01. The largest absolute Gasteiger partial charge is 0.328 e. The molecule has 3 N–H and O–H groups in total. The summed E-state index contributed by atoms with van der Waals surface area (Å²) in [5.41, 5.74) is 9.69. The van der Waals surface area contributed by atoms with Crippen molar-refractivity contribution in [3.05, 3.63) is 30.0 Å². The maximum Gasteiger partial charge on any atom is 0.161 e. The first-order valence-electron chi connectivity index (χ1n) is 5.12. The molecule has 0 amide bonds. The lowest BCUT2D eigenvalue weighted by Gasteiger charge is -2.05. The van der Waals surface area contributed by atoms with Crippen LogP contribution in [0.1, 0.15) is 5.69 Å². The van der Waals surface area contributed by atoms with E-state index in [9.17, 15) is 0 Å². The first kappa shape index (κ1) is 10.8. The highest BCUT2D eigenvalue weighted by molar-refractivity contribution is 5.76. The van der Waals surface area contributed by atoms with Gasteiger partial charge in [-0.25, -0.2) is 15.4 Å². The molecule has 2 rings (SSSR count). The summed E-state index contributed by atoms with van der Waals surface area (Å²) in [4.78, 5) is 13.7. The molecule has 0 aliphatic carbocycles. The fourth-order valence-electron chi connectivity index (χ4n) is 1.33. The van der Waals surface area contributed by atoms with Crippen molar-refractivity contribution in [3.63, 3.8) is 0 Å². The normalized spacial score (nSPS) is 10.6. The van der Waals surface area contributed by atoms with Gasteiger partial charge in [-0.2, -0.15) is 0 Å². The summed E-state index contributed by atoms with van der Waals surface area (Å²) in [6.07, 6.45) is 0. The number of nitrogens with two attached hydrogens (primary N) is 1. The third-order valence-electron chi connectivity index (χ3n) is 2.09. The van der Waals surface area contributed by atoms with Crippen molar-refractivity contribution in [1.29, 1.82) is 0 Å². The highest BCUT2D eigenvalue weighted by Gasteiger charge is 1.99. The summed E-state index contributed by atoms with van der Waals surface area (Å²) >= 11 is 0. The Balaban J connectivity index is 2.21. The van der Waals surface area contributed by atoms with E-state index in [0.29, 0.717) is 24.6 Å². The Bertz CT molecular complexity index is 486. The van der Waals surface area contributed by atoms with Crippen LogP contribution in [0.4, 0.5) is 5.82 Å². The van der Waals surface area contributed by atoms with Crippen molar-refractivity contribution in [2.75, 3.05) is 18.6 Å². The van der Waals surface area contributed by atoms with Gasteiger partial charge in [0.15, 0.2) is 11.5 Å². The number of aryl methyl sites for hydroxylation is 1. The smallest absolute Gasteiger partial charge is 0.161 e. The molecule has 0 fully saturated rings. The Morgan fingerprint density at radius 3 is 2.88 bits per heavy atom. The van der Waals surface area contributed by atoms with Gasteiger partial charge in [0.2, 0.25) is 0 Å². The van der Waals surface area contributed by atoms with Gasteiger partial charge in [0.1, 0.15) is 0 Å². The predicted octanol–water partition coefficient (Wildman–Crippen LogP) is 1.24. The van der Waals surface area contributed by atoms with Crippen LogP contribution in [0.15, 0.2) is 24.3 Å². The second-order valence-corrected chi connectivity index (χ2v) is 3.44. The summed E-state index contributed by atoms with van der Waals surface area (Å²) in [6.45, 7) is 2.85. The highest BCUT2D eigenvalue weighted by atomic mass is 16.6. The molecule has 2 heterocycles. The number of nitrogens with zero attached hydrogens (tertiary/aromatic N) is 2. The van der Waals surface area contributed by atoms with Crippen LogP contribution >= 0.6 is 0 Å². The molecule has 2 aromatic rings. The number of fused-ring (bicyclic) bond motifs is 1. The number of aromatic nitrogens is 2. The van der Waals surface area contributed by atoms with Gasteiger partial charge < -0.3 is 5.73 Å². The van der Waals surface area contributed by atoms with Crippen molar-refractivity contribution in [3.8, 4) is 0 Å². The molecular weight excluding hydrogens is 204 g/mol. The maximum atomic E-state index is 5.31. The molecule has 0 aliphatic heterocycles. The van der Waals surface area contributed by atoms with E-state index in [1.165, 1.54) is 0 Å². The van der Waals surface area contributed by atoms with Gasteiger partial charge >= 0.3 is 0 Å². The molecule has 2 aromatic heterocycles. The summed E-state index contributed by atoms with van der Waals surface area (Å²) in [6, 6.07) is 7.75. The zero-order chi connectivity index (χ0) is 11.4. The van der Waals surface area contributed by atoms with Crippen molar-refractivity contribution >= 4 is 16.9 Å². The Labute approximate surface area is 93.6 Å². The highest BCUT2D eigenvalue weighted by Crippen LogP contribution is 2.13. The van der Waals surface area contributed by atoms with E-state index in [1.807, 2.05) is 31.2 Å². The standard InChI is InChI=1S/C11H14N4O/c1-8-2-3-9-4-5-10(14-11(9)13-8)15-16-7-6-12/h2-5H,6-7,12H2,1H3,(H,13,14,15). The minimum atomic E-state index is 0.445. The molecule has 5 nitrogen and oxygen atoms in total. The third kappa shape index (κ3) is 2.44. The van der Waals surface area contributed by atoms with Crippen LogP contribution in [0.3, 0.4) is 0 Å². The number of nitrogens with one attached hydrogen (secondary N) is 1. The van der Waals surface area contributed by atoms with E-state index in [1.54, 1.807) is 0 Å². The lowest BCUT2D eigenvalue weighted by molar-refractivity contribution is 0.201. The monoisotopic (exact) mass is 218 g/mol. The molecule has 84 valence electrons. The number of rotatable bonds is 4. The van der Waals surface area contributed by atoms with Crippen LogP contribution in [-0.4, -0.2) is 23.1 Å². The molecule has 5 heteroatoms. The summed E-state index contributed by atoms with van der Waals surface area (Å²) in [7, 11) is 0. The zero-order valence-electron chi connectivity index (χ0n) is 9.10. The van der Waals surface area contributed by atoms with Crippen LogP contribution in [0, 0.1) is 6.92 Å². The van der Waals surface area contributed by atoms with Gasteiger partial charge in [-0.15, -0.1) is 0 Å². The number of hydrogen-bond acceptors (Lipinski definition) is 5. The van der Waals surface area contributed by atoms with E-state index in [2.05, 4.69) is 15.4 Å². The van der Waals surface area contributed by atoms with E-state index in [0.717, 1.165) is 11.1 Å². The summed E-state index contributed by atoms with van der Waals surface area (Å²) < 4.78 is 0. The number of hydrogen-bond donors (Lipinski definition) is 2. The topological polar surface area (TPSA) is 73.1 Å². The Morgan fingerprint density at radius 2 is 2.06 bits per heavy atom. The average Bonchev–Trinajstić information content (AvgIpc) is 2.29. The minimum absolute atomic E-state index is 0.445. The molecule has 0 saturated carbocycles. The first-order valence-corrected chi connectivity index (χ1v) is 5.12. The fraction of sp³-hybridized carbons (Fsp3) is 0.273. The molecular formula is C11H14N4O. The quantitative estimate of drug-likeness (QED) is 0.596. The molecule has 0 unspecified atom stereocenters. The number of pyridine rings is 2. The predicted molar refractivity (Wildman–Crippen MR) is 62.9 cm³/mol. The summed E-state index contributed by atoms with van der Waals surface area (Å²) in [5.74, 6) is 0.638. The van der Waals surface area contributed by atoms with Gasteiger partial charge in [0.25, 0.3) is 0 Å². The molecule has 0 aromatic carbocycles. The Hall–Kier alpha value is -1.72. The number of anilines is 1. The fourth-order valence-corrected chi connectivity index (χ4v) is 1.33. The van der Waals surface area contributed by atoms with Crippen molar-refractivity contribution in [2.45, 2.75) is 6.92 Å². The SMILES string of the molecule is Cc1ccc2ccc(NOCCN)nc2n1. The molecule has 16 heavy (non-hydrogen) atoms. The van der Waals surface area contributed by atoms with Crippen molar-refractivity contribution < 1.29 is 4.84 Å². The van der Waals surface area contributed by atoms with E-state index < -0.39 is 0 Å². The minimum Gasteiger partial charge on any atom is -0.328 e. The molecule has 0 atom stereocenters. The van der Waals surface area contributed by atoms with Gasteiger partial charge in [-0.1, -0.05) is 0 Å². The average molecular weight is 218 g/mol. The van der Waals surface area contributed by atoms with Gasteiger partial charge in [0.05, 0.1) is 6.61 Å². The molecule has 0 spiro atoms. The van der Waals surface area contributed by atoms with Crippen molar-refractivity contribution in [1.82, 2.24) is 9.97 Å². The van der Waals surface area contributed by atoms with Crippen LogP contribution in [-0.2, 0) is 4.84 Å². The van der Waals surface area contributed by atoms with Crippen LogP contribution in [0.25, 0.3) is 11.0 Å². The van der Waals surface area contributed by atoms with E-state index >= 15 is 0 Å². The zero-order valence-corrected chi connectivity index (χ0v) is 9.10. The second kappa shape index (κ2) is 4.87. The van der Waals surface area contributed by atoms with Gasteiger partial charge in [-0.05, 0) is 31.2 Å². The lowest BCUT2D eigenvalue weighted by atomic mass is 10.2. The van der Waals surface area contributed by atoms with E-state index in [4.69, 9.17) is 10.6 Å².